The summed E-state index contributed by atoms with van der Waals surface area (Å²) in [4.78, 5) is 6.72. The van der Waals surface area contributed by atoms with Crippen LogP contribution < -0.4 is 10.2 Å². The van der Waals surface area contributed by atoms with Crippen LogP contribution in [0.15, 0.2) is 6.07 Å². The van der Waals surface area contributed by atoms with Crippen molar-refractivity contribution in [2.75, 3.05) is 31.6 Å². The molecule has 102 valence electrons. The summed E-state index contributed by atoms with van der Waals surface area (Å²) in [6.07, 6.45) is 2.30. The molecule has 1 fully saturated rings. The normalized spacial score (nSPS) is 16.4. The standard InChI is InChI=1S/C14H19ClN4/c1-10-12(8-16)7-13(15)14(18-10)19-5-3-11(4-6-19)9-17-2/h7,11,17H,3-6,9H2,1-2H3. The fraction of sp³-hybridized carbons (Fsp3) is 0.571. The van der Waals surface area contributed by atoms with E-state index in [0.717, 1.165) is 49.9 Å². The predicted octanol–water partition coefficient (Wildman–Crippen LogP) is 2.35. The van der Waals surface area contributed by atoms with Gasteiger partial charge in [-0.15, -0.1) is 0 Å². The summed E-state index contributed by atoms with van der Waals surface area (Å²) in [5.74, 6) is 1.56. The van der Waals surface area contributed by atoms with Crippen LogP contribution >= 0.6 is 11.6 Å². The minimum atomic E-state index is 0.554. The molecule has 1 aliphatic rings. The summed E-state index contributed by atoms with van der Waals surface area (Å²) >= 11 is 6.24. The van der Waals surface area contributed by atoms with Gasteiger partial charge in [0.25, 0.3) is 0 Å². The first kappa shape index (κ1) is 14.1. The summed E-state index contributed by atoms with van der Waals surface area (Å²) in [6.45, 7) is 4.88. The molecule has 1 saturated heterocycles. The predicted molar refractivity (Wildman–Crippen MR) is 77.6 cm³/mol. The van der Waals surface area contributed by atoms with Crippen LogP contribution in [0.1, 0.15) is 24.1 Å². The molecular formula is C14H19ClN4. The summed E-state index contributed by atoms with van der Waals surface area (Å²) in [6, 6.07) is 3.84. The van der Waals surface area contributed by atoms with Gasteiger partial charge in [0.15, 0.2) is 0 Å². The number of aryl methyl sites for hydroxylation is 1. The molecular weight excluding hydrogens is 260 g/mol. The Bertz CT molecular complexity index is 487. The molecule has 1 aromatic rings. The number of nitrogens with zero attached hydrogens (tertiary/aromatic N) is 3. The molecule has 1 aliphatic heterocycles. The second kappa shape index (κ2) is 6.23. The third kappa shape index (κ3) is 3.17. The molecule has 0 aromatic carbocycles. The van der Waals surface area contributed by atoms with E-state index in [4.69, 9.17) is 16.9 Å². The molecule has 0 amide bonds. The average Bonchev–Trinajstić information content (AvgIpc) is 2.42. The van der Waals surface area contributed by atoms with Gasteiger partial charge in [0.1, 0.15) is 11.9 Å². The van der Waals surface area contributed by atoms with Crippen LogP contribution in [-0.2, 0) is 0 Å². The number of pyridine rings is 1. The van der Waals surface area contributed by atoms with Crippen LogP contribution in [0.5, 0.6) is 0 Å². The second-order valence-corrected chi connectivity index (χ2v) is 5.43. The zero-order valence-electron chi connectivity index (χ0n) is 11.4. The van der Waals surface area contributed by atoms with Crippen molar-refractivity contribution < 1.29 is 0 Å². The van der Waals surface area contributed by atoms with Gasteiger partial charge >= 0.3 is 0 Å². The summed E-state index contributed by atoms with van der Waals surface area (Å²) in [7, 11) is 1.99. The lowest BCUT2D eigenvalue weighted by Gasteiger charge is -2.33. The van der Waals surface area contributed by atoms with E-state index in [2.05, 4.69) is 21.3 Å². The number of piperidine rings is 1. The van der Waals surface area contributed by atoms with Gasteiger partial charge in [0.2, 0.25) is 0 Å². The monoisotopic (exact) mass is 278 g/mol. The molecule has 5 heteroatoms. The molecule has 2 rings (SSSR count). The van der Waals surface area contributed by atoms with Crippen LogP contribution in [0.4, 0.5) is 5.82 Å². The minimum Gasteiger partial charge on any atom is -0.355 e. The lowest BCUT2D eigenvalue weighted by molar-refractivity contribution is 0.392. The van der Waals surface area contributed by atoms with E-state index in [-0.39, 0.29) is 0 Å². The van der Waals surface area contributed by atoms with E-state index >= 15 is 0 Å². The summed E-state index contributed by atoms with van der Waals surface area (Å²) in [5.41, 5.74) is 1.30. The number of halogens is 1. The average molecular weight is 279 g/mol. The van der Waals surface area contributed by atoms with Crippen molar-refractivity contribution in [1.29, 1.82) is 5.26 Å². The van der Waals surface area contributed by atoms with Crippen molar-refractivity contribution in [1.82, 2.24) is 10.3 Å². The van der Waals surface area contributed by atoms with Crippen molar-refractivity contribution in [3.8, 4) is 6.07 Å². The van der Waals surface area contributed by atoms with Gasteiger partial charge in [-0.05, 0) is 45.3 Å². The van der Waals surface area contributed by atoms with Gasteiger partial charge in [-0.1, -0.05) is 11.6 Å². The van der Waals surface area contributed by atoms with Crippen molar-refractivity contribution in [2.24, 2.45) is 5.92 Å². The maximum Gasteiger partial charge on any atom is 0.147 e. The van der Waals surface area contributed by atoms with Gasteiger partial charge < -0.3 is 10.2 Å². The summed E-state index contributed by atoms with van der Waals surface area (Å²) in [5, 5.41) is 12.8. The molecule has 0 saturated carbocycles. The van der Waals surface area contributed by atoms with Crippen LogP contribution in [0.3, 0.4) is 0 Å². The zero-order chi connectivity index (χ0) is 13.8. The van der Waals surface area contributed by atoms with Crippen LogP contribution in [-0.4, -0.2) is 31.7 Å². The number of nitrogens with one attached hydrogen (secondary N) is 1. The first-order valence-corrected chi connectivity index (χ1v) is 7.00. The SMILES string of the molecule is CNCC1CCN(c2nc(C)c(C#N)cc2Cl)CC1. The molecule has 0 bridgehead atoms. The van der Waals surface area contributed by atoms with Crippen LogP contribution in [0.2, 0.25) is 5.02 Å². The first-order chi connectivity index (χ1) is 9.15. The Morgan fingerprint density at radius 2 is 2.21 bits per heavy atom. The largest absolute Gasteiger partial charge is 0.355 e. The second-order valence-electron chi connectivity index (χ2n) is 5.03. The van der Waals surface area contributed by atoms with Gasteiger partial charge in [0, 0.05) is 13.1 Å². The molecule has 0 aliphatic carbocycles. The highest BCUT2D eigenvalue weighted by atomic mass is 35.5. The highest BCUT2D eigenvalue weighted by Crippen LogP contribution is 2.29. The third-order valence-electron chi connectivity index (χ3n) is 3.68. The Labute approximate surface area is 119 Å². The van der Waals surface area contributed by atoms with E-state index < -0.39 is 0 Å². The highest BCUT2D eigenvalue weighted by molar-refractivity contribution is 6.33. The lowest BCUT2D eigenvalue weighted by Crippen LogP contribution is -2.37. The van der Waals surface area contributed by atoms with E-state index in [9.17, 15) is 0 Å². The van der Waals surface area contributed by atoms with Crippen LogP contribution in [0.25, 0.3) is 0 Å². The van der Waals surface area contributed by atoms with Crippen molar-refractivity contribution in [2.45, 2.75) is 19.8 Å². The Morgan fingerprint density at radius 3 is 2.79 bits per heavy atom. The van der Waals surface area contributed by atoms with Crippen LogP contribution in [0, 0.1) is 24.2 Å². The Hall–Kier alpha value is -1.31. The first-order valence-electron chi connectivity index (χ1n) is 6.62. The van der Waals surface area contributed by atoms with E-state index in [1.165, 1.54) is 0 Å². The molecule has 0 unspecified atom stereocenters. The fourth-order valence-electron chi connectivity index (χ4n) is 2.54. The Kier molecular flexibility index (Phi) is 4.62. The van der Waals surface area contributed by atoms with Crippen molar-refractivity contribution in [3.05, 3.63) is 22.3 Å². The number of hydrogen-bond acceptors (Lipinski definition) is 4. The number of anilines is 1. The van der Waals surface area contributed by atoms with Gasteiger partial charge in [-0.2, -0.15) is 5.26 Å². The molecule has 19 heavy (non-hydrogen) atoms. The number of hydrogen-bond donors (Lipinski definition) is 1. The Morgan fingerprint density at radius 1 is 1.53 bits per heavy atom. The smallest absolute Gasteiger partial charge is 0.147 e. The molecule has 1 aromatic heterocycles. The molecule has 1 N–H and O–H groups in total. The van der Waals surface area contributed by atoms with Gasteiger partial charge in [0.05, 0.1) is 16.3 Å². The van der Waals surface area contributed by atoms with E-state index in [0.29, 0.717) is 10.6 Å². The maximum absolute atomic E-state index is 8.97. The molecule has 0 atom stereocenters. The number of nitriles is 1. The zero-order valence-corrected chi connectivity index (χ0v) is 12.2. The lowest BCUT2D eigenvalue weighted by atomic mass is 9.97. The van der Waals surface area contributed by atoms with Crippen molar-refractivity contribution in [3.63, 3.8) is 0 Å². The molecule has 2 heterocycles. The topological polar surface area (TPSA) is 52.0 Å². The molecule has 0 spiro atoms. The highest BCUT2D eigenvalue weighted by Gasteiger charge is 2.22. The quantitative estimate of drug-likeness (QED) is 0.922. The van der Waals surface area contributed by atoms with Crippen molar-refractivity contribution >= 4 is 17.4 Å². The third-order valence-corrected chi connectivity index (χ3v) is 3.95. The number of rotatable bonds is 3. The van der Waals surface area contributed by atoms with E-state index in [1.807, 2.05) is 14.0 Å². The molecule has 4 nitrogen and oxygen atoms in total. The maximum atomic E-state index is 8.97. The summed E-state index contributed by atoms with van der Waals surface area (Å²) < 4.78 is 0. The minimum absolute atomic E-state index is 0.554. The van der Waals surface area contributed by atoms with Gasteiger partial charge in [-0.3, -0.25) is 0 Å². The molecule has 0 radical (unpaired) electrons. The fourth-order valence-corrected chi connectivity index (χ4v) is 2.81. The van der Waals surface area contributed by atoms with E-state index in [1.54, 1.807) is 6.07 Å². The van der Waals surface area contributed by atoms with Gasteiger partial charge in [-0.25, -0.2) is 4.98 Å². The Balaban J connectivity index is 2.12. The number of aromatic nitrogens is 1.